The summed E-state index contributed by atoms with van der Waals surface area (Å²) < 4.78 is 1.04. The first kappa shape index (κ1) is 8.85. The second-order valence-corrected chi connectivity index (χ2v) is 4.42. The predicted octanol–water partition coefficient (Wildman–Crippen LogP) is 3.18. The molecule has 2 heterocycles. The largest absolute Gasteiger partial charge is 0.341 e. The molecule has 0 aliphatic heterocycles. The maximum atomic E-state index is 4.46. The zero-order valence-electron chi connectivity index (χ0n) is 8.08. The number of benzene rings is 1. The van der Waals surface area contributed by atoms with E-state index < -0.39 is 0 Å². The molecule has 0 radical (unpaired) electrons. The lowest BCUT2D eigenvalue weighted by Gasteiger charge is -1.97. The third-order valence-electron chi connectivity index (χ3n) is 2.40. The summed E-state index contributed by atoms with van der Waals surface area (Å²) in [4.78, 5) is 12.0. The van der Waals surface area contributed by atoms with Crippen molar-refractivity contribution in [3.63, 3.8) is 0 Å². The van der Waals surface area contributed by atoms with Crippen molar-refractivity contribution < 1.29 is 0 Å². The third kappa shape index (κ3) is 1.33. The molecule has 0 fully saturated rings. The van der Waals surface area contributed by atoms with Gasteiger partial charge in [0.2, 0.25) is 0 Å². The lowest BCUT2D eigenvalue weighted by molar-refractivity contribution is 1.17. The monoisotopic (exact) mass is 261 g/mol. The molecule has 0 spiro atoms. The van der Waals surface area contributed by atoms with Crippen molar-refractivity contribution in [3.05, 3.63) is 34.7 Å². The summed E-state index contributed by atoms with van der Waals surface area (Å²) in [5.74, 6) is 0.919. The molecule has 4 heteroatoms. The normalized spacial score (nSPS) is 11.3. The van der Waals surface area contributed by atoms with E-state index in [9.17, 15) is 0 Å². The smallest absolute Gasteiger partial charge is 0.104 e. The van der Waals surface area contributed by atoms with Crippen LogP contribution in [0.3, 0.4) is 0 Å². The van der Waals surface area contributed by atoms with Crippen molar-refractivity contribution in [2.75, 3.05) is 0 Å². The van der Waals surface area contributed by atoms with Gasteiger partial charge in [0, 0.05) is 9.86 Å². The van der Waals surface area contributed by atoms with Gasteiger partial charge >= 0.3 is 0 Å². The van der Waals surface area contributed by atoms with Gasteiger partial charge in [0.25, 0.3) is 0 Å². The second-order valence-electron chi connectivity index (χ2n) is 3.50. The van der Waals surface area contributed by atoms with Crippen LogP contribution in [-0.4, -0.2) is 15.0 Å². The summed E-state index contributed by atoms with van der Waals surface area (Å²) in [6.45, 7) is 1.95. The average molecular weight is 262 g/mol. The summed E-state index contributed by atoms with van der Waals surface area (Å²) in [6, 6.07) is 6.04. The highest BCUT2D eigenvalue weighted by atomic mass is 79.9. The summed E-state index contributed by atoms with van der Waals surface area (Å²) in [5.41, 5.74) is 2.94. The molecule has 0 bridgehead atoms. The number of fused-ring (bicyclic) bond motifs is 3. The summed E-state index contributed by atoms with van der Waals surface area (Å²) in [5, 5.41) is 1.08. The standard InChI is InChI=1S/C11H8BrN3/c1-6-14-10-5-13-9-4-7(12)2-3-8(9)11(10)15-6/h2-5H,1H3,(H,14,15). The Labute approximate surface area is 94.7 Å². The van der Waals surface area contributed by atoms with Crippen LogP contribution < -0.4 is 0 Å². The van der Waals surface area contributed by atoms with E-state index >= 15 is 0 Å². The molecule has 74 valence electrons. The highest BCUT2D eigenvalue weighted by Gasteiger charge is 2.05. The van der Waals surface area contributed by atoms with Gasteiger partial charge in [-0.25, -0.2) is 4.98 Å². The Morgan fingerprint density at radius 1 is 1.33 bits per heavy atom. The molecule has 0 amide bonds. The molecule has 3 aromatic rings. The summed E-state index contributed by atoms with van der Waals surface area (Å²) in [6.07, 6.45) is 1.82. The van der Waals surface area contributed by atoms with Gasteiger partial charge in [0.05, 0.1) is 22.7 Å². The molecule has 0 unspecified atom stereocenters. The number of aryl methyl sites for hydroxylation is 1. The van der Waals surface area contributed by atoms with Crippen LogP contribution in [0, 0.1) is 6.92 Å². The van der Waals surface area contributed by atoms with E-state index in [-0.39, 0.29) is 0 Å². The quantitative estimate of drug-likeness (QED) is 0.676. The summed E-state index contributed by atoms with van der Waals surface area (Å²) in [7, 11) is 0. The SMILES string of the molecule is Cc1nc2c(cnc3cc(Br)ccc32)[nH]1. The molecule has 15 heavy (non-hydrogen) atoms. The van der Waals surface area contributed by atoms with Gasteiger partial charge in [0.15, 0.2) is 0 Å². The number of hydrogen-bond acceptors (Lipinski definition) is 2. The van der Waals surface area contributed by atoms with Crippen molar-refractivity contribution in [1.29, 1.82) is 0 Å². The molecule has 0 atom stereocenters. The van der Waals surface area contributed by atoms with Crippen molar-refractivity contribution in [2.24, 2.45) is 0 Å². The Kier molecular flexibility index (Phi) is 1.79. The van der Waals surface area contributed by atoms with E-state index in [1.807, 2.05) is 31.3 Å². The molecule has 3 rings (SSSR count). The highest BCUT2D eigenvalue weighted by Crippen LogP contribution is 2.24. The van der Waals surface area contributed by atoms with Gasteiger partial charge in [-0.05, 0) is 25.1 Å². The van der Waals surface area contributed by atoms with E-state index in [1.54, 1.807) is 0 Å². The molecular formula is C11H8BrN3. The fraction of sp³-hybridized carbons (Fsp3) is 0.0909. The van der Waals surface area contributed by atoms with Gasteiger partial charge in [-0.1, -0.05) is 15.9 Å². The Hall–Kier alpha value is -1.42. The van der Waals surface area contributed by atoms with Crippen LogP contribution >= 0.6 is 15.9 Å². The predicted molar refractivity (Wildman–Crippen MR) is 63.8 cm³/mol. The van der Waals surface area contributed by atoms with E-state index in [0.717, 1.165) is 32.2 Å². The zero-order chi connectivity index (χ0) is 10.4. The Morgan fingerprint density at radius 3 is 3.07 bits per heavy atom. The fourth-order valence-electron chi connectivity index (χ4n) is 1.75. The van der Waals surface area contributed by atoms with E-state index in [2.05, 4.69) is 30.9 Å². The minimum Gasteiger partial charge on any atom is -0.341 e. The number of rotatable bonds is 0. The number of imidazole rings is 1. The lowest BCUT2D eigenvalue weighted by atomic mass is 10.2. The van der Waals surface area contributed by atoms with E-state index in [0.29, 0.717) is 0 Å². The van der Waals surface area contributed by atoms with Crippen molar-refractivity contribution in [1.82, 2.24) is 15.0 Å². The molecule has 2 aromatic heterocycles. The first-order valence-electron chi connectivity index (χ1n) is 4.64. The molecular weight excluding hydrogens is 254 g/mol. The molecule has 0 saturated carbocycles. The fourth-order valence-corrected chi connectivity index (χ4v) is 2.10. The van der Waals surface area contributed by atoms with Crippen LogP contribution in [0.25, 0.3) is 21.9 Å². The van der Waals surface area contributed by atoms with Gasteiger partial charge < -0.3 is 4.98 Å². The Morgan fingerprint density at radius 2 is 2.20 bits per heavy atom. The minimum atomic E-state index is 0.919. The van der Waals surface area contributed by atoms with Gasteiger partial charge in [-0.2, -0.15) is 0 Å². The number of halogens is 1. The Balaban J connectivity index is 2.53. The maximum absolute atomic E-state index is 4.46. The van der Waals surface area contributed by atoms with Gasteiger partial charge in [0.1, 0.15) is 5.82 Å². The first-order chi connectivity index (χ1) is 7.24. The van der Waals surface area contributed by atoms with E-state index in [4.69, 9.17) is 0 Å². The second kappa shape index (κ2) is 3.03. The molecule has 0 aliphatic rings. The maximum Gasteiger partial charge on any atom is 0.104 e. The van der Waals surface area contributed by atoms with Crippen LogP contribution in [-0.2, 0) is 0 Å². The Bertz CT molecular complexity index is 657. The number of H-pyrrole nitrogens is 1. The van der Waals surface area contributed by atoms with Crippen LogP contribution in [0.4, 0.5) is 0 Å². The number of hydrogen-bond donors (Lipinski definition) is 1. The number of nitrogens with one attached hydrogen (secondary N) is 1. The highest BCUT2D eigenvalue weighted by molar-refractivity contribution is 9.10. The zero-order valence-corrected chi connectivity index (χ0v) is 9.67. The van der Waals surface area contributed by atoms with Crippen LogP contribution in [0.2, 0.25) is 0 Å². The van der Waals surface area contributed by atoms with Gasteiger partial charge in [-0.15, -0.1) is 0 Å². The van der Waals surface area contributed by atoms with Crippen molar-refractivity contribution >= 4 is 37.9 Å². The van der Waals surface area contributed by atoms with Gasteiger partial charge in [-0.3, -0.25) is 4.98 Å². The van der Waals surface area contributed by atoms with Crippen LogP contribution in [0.15, 0.2) is 28.9 Å². The average Bonchev–Trinajstić information content (AvgIpc) is 2.58. The molecule has 0 aliphatic carbocycles. The van der Waals surface area contributed by atoms with Crippen molar-refractivity contribution in [2.45, 2.75) is 6.92 Å². The third-order valence-corrected chi connectivity index (χ3v) is 2.89. The first-order valence-corrected chi connectivity index (χ1v) is 5.44. The number of nitrogens with zero attached hydrogens (tertiary/aromatic N) is 2. The number of aromatic amines is 1. The minimum absolute atomic E-state index is 0.919. The number of aromatic nitrogens is 3. The van der Waals surface area contributed by atoms with Crippen molar-refractivity contribution in [3.8, 4) is 0 Å². The van der Waals surface area contributed by atoms with Crippen LogP contribution in [0.1, 0.15) is 5.82 Å². The summed E-state index contributed by atoms with van der Waals surface area (Å²) >= 11 is 3.43. The van der Waals surface area contributed by atoms with E-state index in [1.165, 1.54) is 0 Å². The lowest BCUT2D eigenvalue weighted by Crippen LogP contribution is -1.80. The molecule has 0 saturated heterocycles. The molecule has 3 nitrogen and oxygen atoms in total. The molecule has 1 N–H and O–H groups in total. The van der Waals surface area contributed by atoms with Crippen LogP contribution in [0.5, 0.6) is 0 Å². The number of pyridine rings is 1. The topological polar surface area (TPSA) is 41.6 Å². The molecule has 1 aromatic carbocycles.